The van der Waals surface area contributed by atoms with Crippen molar-refractivity contribution in [1.82, 2.24) is 4.90 Å². The topological polar surface area (TPSA) is 38.8 Å². The van der Waals surface area contributed by atoms with Crippen LogP contribution in [0.2, 0.25) is 18.1 Å². The number of nitrogens with zero attached hydrogens (tertiary/aromatic N) is 1. The molecule has 0 N–H and O–H groups in total. The molecule has 26 heavy (non-hydrogen) atoms. The van der Waals surface area contributed by atoms with E-state index in [2.05, 4.69) is 47.7 Å². The van der Waals surface area contributed by atoms with E-state index >= 15 is 0 Å². The summed E-state index contributed by atoms with van der Waals surface area (Å²) in [5, 5.41) is 0.183. The minimum atomic E-state index is -1.78. The van der Waals surface area contributed by atoms with Crippen LogP contribution in [0.3, 0.4) is 0 Å². The van der Waals surface area contributed by atoms with Crippen molar-refractivity contribution in [2.45, 2.75) is 65.5 Å². The molecule has 1 atom stereocenters. The van der Waals surface area contributed by atoms with Gasteiger partial charge >= 0.3 is 0 Å². The van der Waals surface area contributed by atoms with E-state index < -0.39 is 14.4 Å². The highest BCUT2D eigenvalue weighted by Gasteiger charge is 2.47. The molecule has 146 valence electrons. The second-order valence-electron chi connectivity index (χ2n) is 9.53. The maximum absolute atomic E-state index is 12.9. The molecule has 1 aliphatic heterocycles. The van der Waals surface area contributed by atoms with Gasteiger partial charge in [-0.3, -0.25) is 4.79 Å². The molecule has 0 saturated carbocycles. The highest BCUT2D eigenvalue weighted by molar-refractivity contribution is 6.74. The lowest BCUT2D eigenvalue weighted by Crippen LogP contribution is -2.43. The van der Waals surface area contributed by atoms with Crippen LogP contribution >= 0.6 is 0 Å². The number of rotatable bonds is 7. The minimum absolute atomic E-state index is 0.0877. The van der Waals surface area contributed by atoms with Crippen LogP contribution in [-0.2, 0) is 20.6 Å². The molecule has 1 heterocycles. The molecule has 1 aromatic carbocycles. The largest absolute Gasteiger partial charge is 0.415 e. The maximum Gasteiger partial charge on any atom is 0.252 e. The van der Waals surface area contributed by atoms with Gasteiger partial charge in [0.1, 0.15) is 6.10 Å². The van der Waals surface area contributed by atoms with Gasteiger partial charge in [-0.25, -0.2) is 0 Å². The van der Waals surface area contributed by atoms with Crippen molar-refractivity contribution in [3.63, 3.8) is 0 Å². The van der Waals surface area contributed by atoms with E-state index in [0.717, 1.165) is 5.56 Å². The van der Waals surface area contributed by atoms with Crippen molar-refractivity contribution in [3.8, 4) is 0 Å². The fraction of sp³-hybridized carbons (Fsp3) is 0.667. The van der Waals surface area contributed by atoms with E-state index in [1.54, 1.807) is 0 Å². The Hall–Kier alpha value is -1.17. The lowest BCUT2D eigenvalue weighted by Gasteiger charge is -2.36. The van der Waals surface area contributed by atoms with E-state index in [0.29, 0.717) is 26.3 Å². The molecule has 4 nitrogen and oxygen atoms in total. The summed E-state index contributed by atoms with van der Waals surface area (Å²) in [6.45, 7) is 17.8. The number of ether oxygens (including phenoxy) is 1. The quantitative estimate of drug-likeness (QED) is 0.659. The third kappa shape index (κ3) is 4.96. The molecule has 1 fully saturated rings. The molecule has 1 amide bonds. The van der Waals surface area contributed by atoms with E-state index in [-0.39, 0.29) is 16.4 Å². The number of carbonyl (C=O) groups excluding carboxylic acids is 1. The van der Waals surface area contributed by atoms with Crippen LogP contribution in [0.25, 0.3) is 0 Å². The number of hydrogen-bond acceptors (Lipinski definition) is 3. The average molecular weight is 378 g/mol. The molecular formula is C21H35NO3Si. The first-order chi connectivity index (χ1) is 11.9. The zero-order valence-electron chi connectivity index (χ0n) is 17.5. The summed E-state index contributed by atoms with van der Waals surface area (Å²) in [6.07, 6.45) is -0.393. The normalized spacial score (nSPS) is 20.7. The summed E-state index contributed by atoms with van der Waals surface area (Å²) in [4.78, 5) is 14.8. The summed E-state index contributed by atoms with van der Waals surface area (Å²) >= 11 is 0. The lowest BCUT2D eigenvalue weighted by molar-refractivity contribution is -0.140. The van der Waals surface area contributed by atoms with E-state index in [9.17, 15) is 4.79 Å². The Morgan fingerprint density at radius 2 is 1.81 bits per heavy atom. The molecular weight excluding hydrogens is 342 g/mol. The molecule has 0 radical (unpaired) electrons. The van der Waals surface area contributed by atoms with E-state index in [1.807, 2.05) is 35.2 Å². The fourth-order valence-corrected chi connectivity index (χ4v) is 4.05. The van der Waals surface area contributed by atoms with Gasteiger partial charge < -0.3 is 14.1 Å². The zero-order chi connectivity index (χ0) is 19.6. The SMILES string of the molecule is CC1(C)CN(CCO[Si](C)(C)C(C)(C)C)C(=O)[C@@H]1OCc1ccccc1. The van der Waals surface area contributed by atoms with Crippen LogP contribution in [0, 0.1) is 5.41 Å². The molecule has 0 aromatic heterocycles. The van der Waals surface area contributed by atoms with Gasteiger partial charge in [0.2, 0.25) is 0 Å². The van der Waals surface area contributed by atoms with Gasteiger partial charge in [-0.15, -0.1) is 0 Å². The van der Waals surface area contributed by atoms with Gasteiger partial charge in [0.25, 0.3) is 5.91 Å². The standard InChI is InChI=1S/C21H35NO3Si/c1-20(2,3)26(6,7)25-14-13-22-16-21(4,5)18(19(22)23)24-15-17-11-9-8-10-12-17/h8-12,18H,13-16H2,1-7H3/t18-/m0/s1. The van der Waals surface area contributed by atoms with Gasteiger partial charge in [0, 0.05) is 18.5 Å². The van der Waals surface area contributed by atoms with Crippen LogP contribution in [0.5, 0.6) is 0 Å². The molecule has 0 spiro atoms. The summed E-state index contributed by atoms with van der Waals surface area (Å²) in [5.74, 6) is 0.0877. The van der Waals surface area contributed by atoms with Crippen LogP contribution in [0.15, 0.2) is 30.3 Å². The number of amides is 1. The summed E-state index contributed by atoms with van der Waals surface area (Å²) in [6, 6.07) is 10.0. The fourth-order valence-electron chi connectivity index (χ4n) is 3.02. The smallest absolute Gasteiger partial charge is 0.252 e. The van der Waals surface area contributed by atoms with E-state index in [1.165, 1.54) is 0 Å². The average Bonchev–Trinajstić information content (AvgIpc) is 2.74. The number of carbonyl (C=O) groups is 1. The highest BCUT2D eigenvalue weighted by Crippen LogP contribution is 2.37. The Kier molecular flexibility index (Phi) is 6.36. The first-order valence-electron chi connectivity index (χ1n) is 9.52. The van der Waals surface area contributed by atoms with Crippen molar-refractivity contribution < 1.29 is 14.0 Å². The molecule has 1 aromatic rings. The number of benzene rings is 1. The van der Waals surface area contributed by atoms with Crippen molar-refractivity contribution in [1.29, 1.82) is 0 Å². The minimum Gasteiger partial charge on any atom is -0.415 e. The predicted octanol–water partition coefficient (Wildman–Crippen LogP) is 4.46. The molecule has 0 unspecified atom stereocenters. The summed E-state index contributed by atoms with van der Waals surface area (Å²) < 4.78 is 12.3. The van der Waals surface area contributed by atoms with Gasteiger partial charge in [-0.2, -0.15) is 0 Å². The number of hydrogen-bond donors (Lipinski definition) is 0. The molecule has 0 bridgehead atoms. The van der Waals surface area contributed by atoms with Crippen molar-refractivity contribution in [2.75, 3.05) is 19.7 Å². The van der Waals surface area contributed by atoms with Crippen LogP contribution in [-0.4, -0.2) is 44.9 Å². The number of likely N-dealkylation sites (tertiary alicyclic amines) is 1. The van der Waals surface area contributed by atoms with Crippen molar-refractivity contribution in [2.24, 2.45) is 5.41 Å². The van der Waals surface area contributed by atoms with Crippen molar-refractivity contribution in [3.05, 3.63) is 35.9 Å². The molecule has 1 aliphatic rings. The van der Waals surface area contributed by atoms with Gasteiger partial charge in [-0.05, 0) is 23.7 Å². The highest BCUT2D eigenvalue weighted by atomic mass is 28.4. The Bertz CT molecular complexity index is 607. The monoisotopic (exact) mass is 377 g/mol. The van der Waals surface area contributed by atoms with Crippen LogP contribution in [0.1, 0.15) is 40.2 Å². The Morgan fingerprint density at radius 1 is 1.19 bits per heavy atom. The van der Waals surface area contributed by atoms with Crippen LogP contribution < -0.4 is 0 Å². The third-order valence-corrected chi connectivity index (χ3v) is 10.3. The second kappa shape index (κ2) is 7.83. The van der Waals surface area contributed by atoms with Gasteiger partial charge in [0.05, 0.1) is 13.2 Å². The summed E-state index contributed by atoms with van der Waals surface area (Å²) in [5.41, 5.74) is 0.902. The zero-order valence-corrected chi connectivity index (χ0v) is 18.5. The Labute approximate surface area is 160 Å². The molecule has 5 heteroatoms. The maximum atomic E-state index is 12.9. The molecule has 0 aliphatic carbocycles. The third-order valence-electron chi connectivity index (χ3n) is 5.73. The second-order valence-corrected chi connectivity index (χ2v) is 14.3. The van der Waals surface area contributed by atoms with Crippen molar-refractivity contribution >= 4 is 14.2 Å². The Morgan fingerprint density at radius 3 is 2.38 bits per heavy atom. The van der Waals surface area contributed by atoms with Gasteiger partial charge in [-0.1, -0.05) is 65.0 Å². The lowest BCUT2D eigenvalue weighted by atomic mass is 9.89. The van der Waals surface area contributed by atoms with Gasteiger partial charge in [0.15, 0.2) is 8.32 Å². The molecule has 1 saturated heterocycles. The molecule has 2 rings (SSSR count). The Balaban J connectivity index is 1.91. The summed E-state index contributed by atoms with van der Waals surface area (Å²) in [7, 11) is -1.78. The first-order valence-corrected chi connectivity index (χ1v) is 12.4. The van der Waals surface area contributed by atoms with Crippen LogP contribution in [0.4, 0.5) is 0 Å². The van der Waals surface area contributed by atoms with E-state index in [4.69, 9.17) is 9.16 Å². The predicted molar refractivity (Wildman–Crippen MR) is 109 cm³/mol. The first kappa shape index (κ1) is 21.1.